The zero-order valence-corrected chi connectivity index (χ0v) is 14.8. The summed E-state index contributed by atoms with van der Waals surface area (Å²) in [5.41, 5.74) is 5.75. The van der Waals surface area contributed by atoms with E-state index in [0.717, 1.165) is 5.56 Å². The average molecular weight is 379 g/mol. The molecule has 0 saturated carbocycles. The number of benzene rings is 2. The van der Waals surface area contributed by atoms with Crippen LogP contribution in [0.5, 0.6) is 0 Å². The van der Waals surface area contributed by atoms with Crippen molar-refractivity contribution in [3.05, 3.63) is 65.5 Å². The summed E-state index contributed by atoms with van der Waals surface area (Å²) in [5.74, 6) is -1.66. The summed E-state index contributed by atoms with van der Waals surface area (Å²) in [6.07, 6.45) is -0.0599. The van der Waals surface area contributed by atoms with Gasteiger partial charge in [0.15, 0.2) is 0 Å². The first kappa shape index (κ1) is 19.5. The van der Waals surface area contributed by atoms with Crippen LogP contribution >= 0.6 is 0 Å². The van der Waals surface area contributed by atoms with Crippen LogP contribution in [-0.2, 0) is 26.0 Å². The van der Waals surface area contributed by atoms with E-state index in [9.17, 15) is 22.4 Å². The Bertz CT molecular complexity index is 881. The van der Waals surface area contributed by atoms with Crippen molar-refractivity contribution in [2.75, 3.05) is 6.54 Å². The summed E-state index contributed by atoms with van der Waals surface area (Å²) in [6.45, 7) is 1.29. The van der Waals surface area contributed by atoms with Gasteiger partial charge in [-0.25, -0.2) is 17.5 Å². The predicted molar refractivity (Wildman–Crippen MR) is 92.8 cm³/mol. The van der Waals surface area contributed by atoms with Crippen molar-refractivity contribution in [3.63, 3.8) is 0 Å². The fourth-order valence-corrected chi connectivity index (χ4v) is 2.96. The van der Waals surface area contributed by atoms with E-state index in [1.54, 1.807) is 12.1 Å². The Kier molecular flexibility index (Phi) is 6.42. The van der Waals surface area contributed by atoms with Gasteiger partial charge < -0.3 is 0 Å². The van der Waals surface area contributed by atoms with Gasteiger partial charge in [-0.2, -0.15) is 0 Å². The Morgan fingerprint density at radius 2 is 1.50 bits per heavy atom. The Balaban J connectivity index is 1.78. The maximum atomic E-state index is 12.8. The molecular weight excluding hydrogens is 361 g/mol. The van der Waals surface area contributed by atoms with E-state index >= 15 is 0 Å². The third kappa shape index (κ3) is 5.94. The molecule has 0 spiro atoms. The monoisotopic (exact) mass is 379 g/mol. The van der Waals surface area contributed by atoms with Crippen LogP contribution in [0.4, 0.5) is 4.39 Å². The van der Waals surface area contributed by atoms with Gasteiger partial charge >= 0.3 is 0 Å². The molecule has 2 amide bonds. The number of hydrogen-bond donors (Lipinski definition) is 3. The lowest BCUT2D eigenvalue weighted by Crippen LogP contribution is -2.46. The molecule has 2 aromatic rings. The normalized spacial score (nSPS) is 11.0. The molecule has 0 bridgehead atoms. The van der Waals surface area contributed by atoms with Gasteiger partial charge in [0.25, 0.3) is 5.91 Å². The smallest absolute Gasteiger partial charge is 0.253 e. The molecule has 3 N–H and O–H groups in total. The minimum absolute atomic E-state index is 0.0382. The molecule has 26 heavy (non-hydrogen) atoms. The van der Waals surface area contributed by atoms with Crippen molar-refractivity contribution in [1.29, 1.82) is 0 Å². The molecule has 0 saturated heterocycles. The number of carbonyl (C=O) groups excluding carboxylic acids is 2. The number of sulfonamides is 1. The topological polar surface area (TPSA) is 104 Å². The highest BCUT2D eigenvalue weighted by molar-refractivity contribution is 7.89. The van der Waals surface area contributed by atoms with Gasteiger partial charge in [0.05, 0.1) is 17.9 Å². The van der Waals surface area contributed by atoms with Gasteiger partial charge in [0.2, 0.25) is 15.9 Å². The van der Waals surface area contributed by atoms with E-state index < -0.39 is 34.2 Å². The van der Waals surface area contributed by atoms with Gasteiger partial charge in [0, 0.05) is 0 Å². The van der Waals surface area contributed by atoms with Crippen LogP contribution in [0, 0.1) is 12.7 Å². The Morgan fingerprint density at radius 1 is 0.923 bits per heavy atom. The molecule has 9 heteroatoms. The SMILES string of the molecule is Cc1ccc(S(=O)(=O)NCC(=O)NNC(=O)Cc2ccc(F)cc2)cc1. The van der Waals surface area contributed by atoms with E-state index in [1.807, 2.05) is 6.92 Å². The molecular formula is C17H18FN3O4S. The molecule has 0 heterocycles. The largest absolute Gasteiger partial charge is 0.273 e. The van der Waals surface area contributed by atoms with Crippen LogP contribution in [0.15, 0.2) is 53.4 Å². The Labute approximate surface area is 150 Å². The number of hydrogen-bond acceptors (Lipinski definition) is 4. The Hall–Kier alpha value is -2.78. The van der Waals surface area contributed by atoms with Gasteiger partial charge in [-0.05, 0) is 36.8 Å². The first-order valence-corrected chi connectivity index (χ1v) is 9.13. The second-order valence-corrected chi connectivity index (χ2v) is 7.30. The van der Waals surface area contributed by atoms with Crippen molar-refractivity contribution < 1.29 is 22.4 Å². The van der Waals surface area contributed by atoms with Gasteiger partial charge in [0.1, 0.15) is 5.82 Å². The molecule has 0 atom stereocenters. The number of halogens is 1. The second-order valence-electron chi connectivity index (χ2n) is 5.54. The van der Waals surface area contributed by atoms with Crippen LogP contribution < -0.4 is 15.6 Å². The van der Waals surface area contributed by atoms with Gasteiger partial charge in [-0.1, -0.05) is 29.8 Å². The molecule has 0 aliphatic carbocycles. The summed E-state index contributed by atoms with van der Waals surface area (Å²) < 4.78 is 39.0. The lowest BCUT2D eigenvalue weighted by Gasteiger charge is -2.09. The fourth-order valence-electron chi connectivity index (χ4n) is 1.98. The summed E-state index contributed by atoms with van der Waals surface area (Å²) >= 11 is 0. The standard InChI is InChI=1S/C17H18FN3O4S/c1-12-2-8-15(9-3-12)26(24,25)19-11-17(23)21-20-16(22)10-13-4-6-14(18)7-5-13/h2-9,19H,10-11H2,1H3,(H,20,22)(H,21,23). The van der Waals surface area contributed by atoms with E-state index in [4.69, 9.17) is 0 Å². The molecule has 2 aromatic carbocycles. The van der Waals surface area contributed by atoms with E-state index in [0.29, 0.717) is 5.56 Å². The van der Waals surface area contributed by atoms with Crippen molar-refractivity contribution >= 4 is 21.8 Å². The molecule has 0 aromatic heterocycles. The van der Waals surface area contributed by atoms with Crippen molar-refractivity contribution in [2.45, 2.75) is 18.2 Å². The van der Waals surface area contributed by atoms with Crippen LogP contribution in [0.25, 0.3) is 0 Å². The molecule has 7 nitrogen and oxygen atoms in total. The third-order valence-corrected chi connectivity index (χ3v) is 4.79. The highest BCUT2D eigenvalue weighted by Gasteiger charge is 2.15. The van der Waals surface area contributed by atoms with Gasteiger partial charge in [-0.15, -0.1) is 0 Å². The molecule has 2 rings (SSSR count). The minimum atomic E-state index is -3.82. The maximum absolute atomic E-state index is 12.8. The number of nitrogens with one attached hydrogen (secondary N) is 3. The minimum Gasteiger partial charge on any atom is -0.273 e. The highest BCUT2D eigenvalue weighted by Crippen LogP contribution is 2.09. The number of amides is 2. The molecule has 0 fully saturated rings. The fraction of sp³-hybridized carbons (Fsp3) is 0.176. The van der Waals surface area contributed by atoms with Crippen LogP contribution in [0.1, 0.15) is 11.1 Å². The summed E-state index contributed by atoms with van der Waals surface area (Å²) in [7, 11) is -3.82. The zero-order chi connectivity index (χ0) is 19.2. The number of aryl methyl sites for hydroxylation is 1. The highest BCUT2D eigenvalue weighted by atomic mass is 32.2. The zero-order valence-electron chi connectivity index (χ0n) is 14.0. The lowest BCUT2D eigenvalue weighted by molar-refractivity contribution is -0.127. The van der Waals surface area contributed by atoms with Crippen LogP contribution in [0.2, 0.25) is 0 Å². The first-order chi connectivity index (χ1) is 12.3. The summed E-state index contributed by atoms with van der Waals surface area (Å²) in [4.78, 5) is 23.4. The first-order valence-electron chi connectivity index (χ1n) is 7.65. The lowest BCUT2D eigenvalue weighted by atomic mass is 10.1. The number of rotatable bonds is 6. The molecule has 138 valence electrons. The average Bonchev–Trinajstić information content (AvgIpc) is 2.61. The van der Waals surface area contributed by atoms with Crippen LogP contribution in [-0.4, -0.2) is 26.8 Å². The molecule has 0 unspecified atom stereocenters. The van der Waals surface area contributed by atoms with Crippen molar-refractivity contribution in [1.82, 2.24) is 15.6 Å². The Morgan fingerprint density at radius 3 is 2.12 bits per heavy atom. The molecule has 0 aliphatic rings. The molecule has 0 radical (unpaired) electrons. The van der Waals surface area contributed by atoms with Crippen molar-refractivity contribution in [3.8, 4) is 0 Å². The maximum Gasteiger partial charge on any atom is 0.253 e. The predicted octanol–water partition coefficient (Wildman–Crippen LogP) is 0.803. The number of hydrazine groups is 1. The van der Waals surface area contributed by atoms with Gasteiger partial charge in [-0.3, -0.25) is 20.4 Å². The quantitative estimate of drug-likeness (QED) is 0.646. The van der Waals surface area contributed by atoms with E-state index in [2.05, 4.69) is 15.6 Å². The number of carbonyl (C=O) groups is 2. The van der Waals surface area contributed by atoms with E-state index in [-0.39, 0.29) is 11.3 Å². The summed E-state index contributed by atoms with van der Waals surface area (Å²) in [6, 6.07) is 11.5. The third-order valence-electron chi connectivity index (χ3n) is 3.37. The summed E-state index contributed by atoms with van der Waals surface area (Å²) in [5, 5.41) is 0. The second kappa shape index (κ2) is 8.54. The van der Waals surface area contributed by atoms with E-state index in [1.165, 1.54) is 36.4 Å². The van der Waals surface area contributed by atoms with Crippen molar-refractivity contribution in [2.24, 2.45) is 0 Å². The molecule has 0 aliphatic heterocycles. The van der Waals surface area contributed by atoms with Crippen LogP contribution in [0.3, 0.4) is 0 Å².